The molecule has 2 aromatic rings. The van der Waals surface area contributed by atoms with Gasteiger partial charge in [0.25, 0.3) is 0 Å². The number of aromatic nitrogens is 3. The Morgan fingerprint density at radius 3 is 3.00 bits per heavy atom. The summed E-state index contributed by atoms with van der Waals surface area (Å²) in [6, 6.07) is 5.38. The molecule has 3 heterocycles. The predicted molar refractivity (Wildman–Crippen MR) is 76.9 cm³/mol. The number of nitrogens with zero attached hydrogens (tertiary/aromatic N) is 5. The Kier molecular flexibility index (Phi) is 4.18. The fourth-order valence-electron chi connectivity index (χ4n) is 2.06. The normalized spacial score (nSPS) is 14.0. The van der Waals surface area contributed by atoms with Crippen molar-refractivity contribution in [2.75, 3.05) is 26.7 Å². The van der Waals surface area contributed by atoms with Gasteiger partial charge < -0.3 is 14.2 Å². The summed E-state index contributed by atoms with van der Waals surface area (Å²) in [5, 5.41) is 3.84. The molecular weight excluding hydrogens is 302 g/mol. The van der Waals surface area contributed by atoms with E-state index in [-0.39, 0.29) is 19.0 Å². The molecule has 0 saturated carbocycles. The summed E-state index contributed by atoms with van der Waals surface area (Å²) in [7, 11) is 1.61. The second kappa shape index (κ2) is 6.42. The summed E-state index contributed by atoms with van der Waals surface area (Å²) < 4.78 is 9.92. The van der Waals surface area contributed by atoms with Gasteiger partial charge in [0.15, 0.2) is 0 Å². The molecule has 1 fully saturated rings. The lowest BCUT2D eigenvalue weighted by Gasteiger charge is -2.18. The number of amides is 2. The van der Waals surface area contributed by atoms with Gasteiger partial charge in [0.05, 0.1) is 13.1 Å². The Hall–Kier alpha value is -2.97. The van der Waals surface area contributed by atoms with Gasteiger partial charge in [-0.25, -0.2) is 4.79 Å². The maximum Gasteiger partial charge on any atom is 0.410 e. The number of hydrogen-bond donors (Lipinski definition) is 0. The van der Waals surface area contributed by atoms with E-state index in [2.05, 4.69) is 15.1 Å². The van der Waals surface area contributed by atoms with Crippen molar-refractivity contribution >= 4 is 12.0 Å². The van der Waals surface area contributed by atoms with Crippen molar-refractivity contribution in [1.29, 1.82) is 0 Å². The van der Waals surface area contributed by atoms with E-state index in [1.165, 1.54) is 9.80 Å². The van der Waals surface area contributed by atoms with E-state index in [1.54, 1.807) is 25.4 Å². The van der Waals surface area contributed by atoms with Crippen LogP contribution in [0.25, 0.3) is 11.5 Å². The average Bonchev–Trinajstić information content (AvgIpc) is 3.18. The molecule has 0 aliphatic carbocycles. The van der Waals surface area contributed by atoms with Crippen LogP contribution in [-0.4, -0.2) is 63.7 Å². The lowest BCUT2D eigenvalue weighted by molar-refractivity contribution is -0.131. The van der Waals surface area contributed by atoms with Crippen LogP contribution >= 0.6 is 0 Å². The first-order valence-corrected chi connectivity index (χ1v) is 7.03. The highest BCUT2D eigenvalue weighted by Crippen LogP contribution is 2.13. The van der Waals surface area contributed by atoms with E-state index in [4.69, 9.17) is 9.26 Å². The van der Waals surface area contributed by atoms with Crippen LogP contribution < -0.4 is 0 Å². The lowest BCUT2D eigenvalue weighted by atomic mass is 10.3. The van der Waals surface area contributed by atoms with Gasteiger partial charge in [-0.05, 0) is 12.1 Å². The molecule has 3 rings (SSSR count). The smallest absolute Gasteiger partial charge is 0.410 e. The van der Waals surface area contributed by atoms with Gasteiger partial charge in [0.1, 0.15) is 18.8 Å². The van der Waals surface area contributed by atoms with Crippen molar-refractivity contribution in [2.45, 2.75) is 6.54 Å². The van der Waals surface area contributed by atoms with Gasteiger partial charge in [-0.15, -0.1) is 0 Å². The summed E-state index contributed by atoms with van der Waals surface area (Å²) in [6.45, 7) is 0.855. The molecule has 1 saturated heterocycles. The zero-order valence-corrected chi connectivity index (χ0v) is 12.5. The first-order valence-electron chi connectivity index (χ1n) is 7.03. The van der Waals surface area contributed by atoms with E-state index < -0.39 is 6.09 Å². The van der Waals surface area contributed by atoms with Crippen LogP contribution in [0.4, 0.5) is 4.79 Å². The molecule has 0 bridgehead atoms. The van der Waals surface area contributed by atoms with Crippen LogP contribution in [0, 0.1) is 0 Å². The molecule has 1 aliphatic rings. The molecule has 0 atom stereocenters. The fraction of sp³-hybridized carbons (Fsp3) is 0.357. The van der Waals surface area contributed by atoms with Gasteiger partial charge in [-0.1, -0.05) is 11.2 Å². The number of hydrogen-bond acceptors (Lipinski definition) is 7. The Labute approximate surface area is 131 Å². The second-order valence-corrected chi connectivity index (χ2v) is 5.01. The highest BCUT2D eigenvalue weighted by Gasteiger charge is 2.26. The van der Waals surface area contributed by atoms with Crippen molar-refractivity contribution in [3.8, 4) is 11.5 Å². The molecule has 23 heavy (non-hydrogen) atoms. The maximum absolute atomic E-state index is 12.1. The van der Waals surface area contributed by atoms with Gasteiger partial charge in [0.2, 0.25) is 17.6 Å². The molecule has 0 aromatic carbocycles. The van der Waals surface area contributed by atoms with Gasteiger partial charge in [-0.3, -0.25) is 14.7 Å². The summed E-state index contributed by atoms with van der Waals surface area (Å²) in [4.78, 5) is 34.5. The number of cyclic esters (lactones) is 1. The number of carbonyl (C=O) groups excluding carboxylic acids is 2. The molecule has 9 heteroatoms. The summed E-state index contributed by atoms with van der Waals surface area (Å²) in [5.41, 5.74) is 0.594. The fourth-order valence-corrected chi connectivity index (χ4v) is 2.06. The summed E-state index contributed by atoms with van der Waals surface area (Å²) in [5.74, 6) is 0.427. The first kappa shape index (κ1) is 14.9. The standard InChI is InChI=1S/C14H15N5O4/c1-18(12(20)9-19-6-7-22-14(19)21)8-11-16-13(17-23-11)10-4-2-3-5-15-10/h2-5H,6-9H2,1H3. The van der Waals surface area contributed by atoms with Crippen molar-refractivity contribution in [3.63, 3.8) is 0 Å². The zero-order chi connectivity index (χ0) is 16.2. The Balaban J connectivity index is 1.59. The lowest BCUT2D eigenvalue weighted by Crippen LogP contribution is -2.38. The van der Waals surface area contributed by atoms with E-state index in [0.717, 1.165) is 0 Å². The SMILES string of the molecule is CN(Cc1nc(-c2ccccn2)no1)C(=O)CN1CCOC1=O. The number of rotatable bonds is 5. The monoisotopic (exact) mass is 317 g/mol. The Morgan fingerprint density at radius 2 is 2.30 bits per heavy atom. The van der Waals surface area contributed by atoms with E-state index in [0.29, 0.717) is 30.6 Å². The molecule has 0 N–H and O–H groups in total. The van der Waals surface area contributed by atoms with Crippen LogP contribution in [0.1, 0.15) is 5.89 Å². The number of likely N-dealkylation sites (N-methyl/N-ethyl adjacent to an activating group) is 1. The van der Waals surface area contributed by atoms with Gasteiger partial charge in [0, 0.05) is 13.2 Å². The molecule has 2 amide bonds. The minimum absolute atomic E-state index is 0.0312. The van der Waals surface area contributed by atoms with Crippen LogP contribution in [0.15, 0.2) is 28.9 Å². The van der Waals surface area contributed by atoms with Crippen molar-refractivity contribution in [2.24, 2.45) is 0 Å². The highest BCUT2D eigenvalue weighted by atomic mass is 16.6. The Bertz CT molecular complexity index is 702. The van der Waals surface area contributed by atoms with E-state index in [9.17, 15) is 9.59 Å². The molecule has 2 aromatic heterocycles. The average molecular weight is 317 g/mol. The summed E-state index contributed by atoms with van der Waals surface area (Å²) >= 11 is 0. The molecular formula is C14H15N5O4. The largest absolute Gasteiger partial charge is 0.448 e. The van der Waals surface area contributed by atoms with Crippen LogP contribution in [0.2, 0.25) is 0 Å². The molecule has 0 radical (unpaired) electrons. The molecule has 120 valence electrons. The minimum Gasteiger partial charge on any atom is -0.448 e. The molecule has 1 aliphatic heterocycles. The third-order valence-electron chi connectivity index (χ3n) is 3.33. The number of carbonyl (C=O) groups is 2. The first-order chi connectivity index (χ1) is 11.1. The quantitative estimate of drug-likeness (QED) is 0.793. The topological polar surface area (TPSA) is 102 Å². The second-order valence-electron chi connectivity index (χ2n) is 5.01. The maximum atomic E-state index is 12.1. The molecule has 0 unspecified atom stereocenters. The molecule has 0 spiro atoms. The van der Waals surface area contributed by atoms with Crippen LogP contribution in [0.5, 0.6) is 0 Å². The number of pyridine rings is 1. The number of ether oxygens (including phenoxy) is 1. The molecule has 9 nitrogen and oxygen atoms in total. The zero-order valence-electron chi connectivity index (χ0n) is 12.5. The van der Waals surface area contributed by atoms with Crippen molar-refractivity contribution in [3.05, 3.63) is 30.3 Å². The third-order valence-corrected chi connectivity index (χ3v) is 3.33. The van der Waals surface area contributed by atoms with E-state index >= 15 is 0 Å². The van der Waals surface area contributed by atoms with Crippen molar-refractivity contribution < 1.29 is 18.8 Å². The van der Waals surface area contributed by atoms with Crippen molar-refractivity contribution in [1.82, 2.24) is 24.9 Å². The summed E-state index contributed by atoms with van der Waals surface area (Å²) in [6.07, 6.45) is 1.16. The predicted octanol–water partition coefficient (Wildman–Crippen LogP) is 0.542. The van der Waals surface area contributed by atoms with Crippen LogP contribution in [-0.2, 0) is 16.1 Å². The van der Waals surface area contributed by atoms with Gasteiger partial charge in [-0.2, -0.15) is 4.98 Å². The van der Waals surface area contributed by atoms with Crippen LogP contribution in [0.3, 0.4) is 0 Å². The van der Waals surface area contributed by atoms with E-state index in [1.807, 2.05) is 6.07 Å². The third kappa shape index (κ3) is 3.44. The Morgan fingerprint density at radius 1 is 1.43 bits per heavy atom. The highest BCUT2D eigenvalue weighted by molar-refractivity contribution is 5.82. The van der Waals surface area contributed by atoms with Gasteiger partial charge >= 0.3 is 6.09 Å². The minimum atomic E-state index is -0.470.